The summed E-state index contributed by atoms with van der Waals surface area (Å²) in [4.78, 5) is 22.4. The molecule has 3 rings (SSSR count). The first-order chi connectivity index (χ1) is 12.6. The Labute approximate surface area is 152 Å². The van der Waals surface area contributed by atoms with Gasteiger partial charge in [-0.25, -0.2) is 0 Å². The highest BCUT2D eigenvalue weighted by Gasteiger charge is 2.35. The van der Waals surface area contributed by atoms with Gasteiger partial charge in [-0.3, -0.25) is 14.9 Å². The molecule has 0 bridgehead atoms. The van der Waals surface area contributed by atoms with Crippen LogP contribution in [0.5, 0.6) is 0 Å². The number of benzene rings is 2. The third-order valence-corrected chi connectivity index (χ3v) is 5.08. The lowest BCUT2D eigenvalue weighted by Crippen LogP contribution is -2.38. The van der Waals surface area contributed by atoms with Crippen LogP contribution in [0.4, 0.5) is 5.69 Å². The second-order valence-electron chi connectivity index (χ2n) is 6.75. The van der Waals surface area contributed by atoms with E-state index in [2.05, 4.69) is 17.4 Å². The molecule has 1 aliphatic carbocycles. The third kappa shape index (κ3) is 4.17. The molecule has 1 N–H and O–H groups in total. The van der Waals surface area contributed by atoms with Crippen molar-refractivity contribution in [1.82, 2.24) is 5.32 Å². The predicted molar refractivity (Wildman–Crippen MR) is 102 cm³/mol. The van der Waals surface area contributed by atoms with Crippen molar-refractivity contribution in [3.63, 3.8) is 0 Å². The summed E-state index contributed by atoms with van der Waals surface area (Å²) in [7, 11) is 0. The molecular weight excluding hydrogens is 328 g/mol. The average molecular weight is 350 g/mol. The van der Waals surface area contributed by atoms with E-state index in [9.17, 15) is 14.9 Å². The van der Waals surface area contributed by atoms with E-state index in [4.69, 9.17) is 0 Å². The minimum atomic E-state index is -0.440. The molecule has 0 atom stereocenters. The van der Waals surface area contributed by atoms with E-state index < -0.39 is 4.92 Å². The molecule has 2 aromatic rings. The Morgan fingerprint density at radius 2 is 1.73 bits per heavy atom. The minimum absolute atomic E-state index is 0.0259. The zero-order valence-corrected chi connectivity index (χ0v) is 14.6. The number of hydrogen-bond acceptors (Lipinski definition) is 3. The summed E-state index contributed by atoms with van der Waals surface area (Å²) in [5.74, 6) is -0.148. The van der Waals surface area contributed by atoms with Gasteiger partial charge in [-0.1, -0.05) is 43.2 Å². The Morgan fingerprint density at radius 3 is 2.35 bits per heavy atom. The first kappa shape index (κ1) is 17.9. The van der Waals surface area contributed by atoms with Gasteiger partial charge in [-0.05, 0) is 42.2 Å². The van der Waals surface area contributed by atoms with Gasteiger partial charge < -0.3 is 5.32 Å². The van der Waals surface area contributed by atoms with Crippen LogP contribution < -0.4 is 5.32 Å². The van der Waals surface area contributed by atoms with Gasteiger partial charge in [0.15, 0.2) is 0 Å². The number of rotatable bonds is 6. The highest BCUT2D eigenvalue weighted by atomic mass is 16.6. The molecule has 0 heterocycles. The van der Waals surface area contributed by atoms with Crippen LogP contribution in [0.2, 0.25) is 0 Å². The number of nitro groups is 1. The van der Waals surface area contributed by atoms with Crippen molar-refractivity contribution in [1.29, 1.82) is 0 Å². The van der Waals surface area contributed by atoms with Gasteiger partial charge in [-0.2, -0.15) is 0 Å². The van der Waals surface area contributed by atoms with E-state index in [0.29, 0.717) is 6.54 Å². The van der Waals surface area contributed by atoms with Gasteiger partial charge in [0.25, 0.3) is 5.69 Å². The quantitative estimate of drug-likeness (QED) is 0.481. The van der Waals surface area contributed by atoms with Crippen molar-refractivity contribution in [3.05, 3.63) is 81.9 Å². The number of amides is 1. The smallest absolute Gasteiger partial charge is 0.269 e. The number of carbonyl (C=O) groups excluding carboxylic acids is 1. The van der Waals surface area contributed by atoms with Crippen molar-refractivity contribution in [2.45, 2.75) is 31.1 Å². The number of nitro benzene ring substituents is 1. The van der Waals surface area contributed by atoms with Crippen LogP contribution in [-0.4, -0.2) is 17.4 Å². The highest BCUT2D eigenvalue weighted by molar-refractivity contribution is 5.91. The highest BCUT2D eigenvalue weighted by Crippen LogP contribution is 2.40. The van der Waals surface area contributed by atoms with E-state index in [1.165, 1.54) is 36.6 Å². The molecule has 5 nitrogen and oxygen atoms in total. The Kier molecular flexibility index (Phi) is 5.46. The SMILES string of the molecule is O=C(/C=C/c1ccc([N+](=O)[O-])cc1)NCC1(c2ccccc2)CCCC1. The lowest BCUT2D eigenvalue weighted by atomic mass is 9.79. The van der Waals surface area contributed by atoms with Gasteiger partial charge >= 0.3 is 0 Å². The van der Waals surface area contributed by atoms with Gasteiger partial charge in [0.2, 0.25) is 5.91 Å². The summed E-state index contributed by atoms with van der Waals surface area (Å²) in [6.45, 7) is 0.625. The van der Waals surface area contributed by atoms with Gasteiger partial charge in [-0.15, -0.1) is 0 Å². The van der Waals surface area contributed by atoms with Crippen molar-refractivity contribution < 1.29 is 9.72 Å². The second kappa shape index (κ2) is 7.95. The Bertz CT molecular complexity index is 792. The first-order valence-electron chi connectivity index (χ1n) is 8.85. The standard InChI is InChI=1S/C21H22N2O3/c24-20(13-10-17-8-11-19(12-9-17)23(25)26)22-16-21(14-4-5-15-21)18-6-2-1-3-7-18/h1-3,6-13H,4-5,14-16H2,(H,22,24)/b13-10+. The topological polar surface area (TPSA) is 72.2 Å². The fourth-order valence-electron chi connectivity index (χ4n) is 3.61. The minimum Gasteiger partial charge on any atom is -0.352 e. The molecule has 26 heavy (non-hydrogen) atoms. The fraction of sp³-hybridized carbons (Fsp3) is 0.286. The molecule has 1 aliphatic rings. The molecule has 2 aromatic carbocycles. The van der Waals surface area contributed by atoms with Crippen LogP contribution in [0.3, 0.4) is 0 Å². The molecule has 1 saturated carbocycles. The number of non-ortho nitro benzene ring substituents is 1. The van der Waals surface area contributed by atoms with E-state index >= 15 is 0 Å². The zero-order chi connectivity index (χ0) is 18.4. The van der Waals surface area contributed by atoms with Crippen LogP contribution in [0.25, 0.3) is 6.08 Å². The lowest BCUT2D eigenvalue weighted by Gasteiger charge is -2.29. The molecule has 0 aliphatic heterocycles. The van der Waals surface area contributed by atoms with E-state index in [1.807, 2.05) is 18.2 Å². The number of carbonyl (C=O) groups is 1. The Balaban J connectivity index is 1.61. The van der Waals surface area contributed by atoms with Gasteiger partial charge in [0, 0.05) is 30.2 Å². The first-order valence-corrected chi connectivity index (χ1v) is 8.85. The lowest BCUT2D eigenvalue weighted by molar-refractivity contribution is -0.384. The maximum absolute atomic E-state index is 12.2. The van der Waals surface area contributed by atoms with Crippen LogP contribution in [0, 0.1) is 10.1 Å². The Hall–Kier alpha value is -2.95. The third-order valence-electron chi connectivity index (χ3n) is 5.08. The van der Waals surface area contributed by atoms with E-state index in [-0.39, 0.29) is 17.0 Å². The second-order valence-corrected chi connectivity index (χ2v) is 6.75. The summed E-state index contributed by atoms with van der Waals surface area (Å²) in [6, 6.07) is 16.5. The molecule has 0 radical (unpaired) electrons. The molecule has 0 unspecified atom stereocenters. The average Bonchev–Trinajstić information content (AvgIpc) is 3.16. The predicted octanol–water partition coefficient (Wildman–Crippen LogP) is 4.24. The van der Waals surface area contributed by atoms with Crippen molar-refractivity contribution in [2.24, 2.45) is 0 Å². The molecule has 5 heteroatoms. The monoisotopic (exact) mass is 350 g/mol. The molecular formula is C21H22N2O3. The van der Waals surface area contributed by atoms with E-state index in [1.54, 1.807) is 18.2 Å². The summed E-state index contributed by atoms with van der Waals surface area (Å²) in [5, 5.41) is 13.7. The summed E-state index contributed by atoms with van der Waals surface area (Å²) < 4.78 is 0. The van der Waals surface area contributed by atoms with Gasteiger partial charge in [0.05, 0.1) is 4.92 Å². The largest absolute Gasteiger partial charge is 0.352 e. The normalized spacial score (nSPS) is 15.8. The molecule has 1 amide bonds. The fourth-order valence-corrected chi connectivity index (χ4v) is 3.61. The van der Waals surface area contributed by atoms with Crippen LogP contribution in [-0.2, 0) is 10.2 Å². The van der Waals surface area contributed by atoms with Crippen LogP contribution >= 0.6 is 0 Å². The van der Waals surface area contributed by atoms with E-state index in [0.717, 1.165) is 18.4 Å². The van der Waals surface area contributed by atoms with Crippen LogP contribution in [0.15, 0.2) is 60.7 Å². The Morgan fingerprint density at radius 1 is 1.08 bits per heavy atom. The number of nitrogens with one attached hydrogen (secondary N) is 1. The van der Waals surface area contributed by atoms with Crippen LogP contribution in [0.1, 0.15) is 36.8 Å². The summed E-state index contributed by atoms with van der Waals surface area (Å²) in [5.41, 5.74) is 2.11. The molecule has 134 valence electrons. The zero-order valence-electron chi connectivity index (χ0n) is 14.6. The number of nitrogens with zero attached hydrogens (tertiary/aromatic N) is 1. The molecule has 0 spiro atoms. The number of hydrogen-bond donors (Lipinski definition) is 1. The molecule has 0 aromatic heterocycles. The maximum Gasteiger partial charge on any atom is 0.269 e. The van der Waals surface area contributed by atoms with Crippen molar-refractivity contribution in [3.8, 4) is 0 Å². The van der Waals surface area contributed by atoms with Crippen molar-refractivity contribution in [2.75, 3.05) is 6.54 Å². The van der Waals surface area contributed by atoms with Crippen molar-refractivity contribution >= 4 is 17.7 Å². The molecule has 0 saturated heterocycles. The van der Waals surface area contributed by atoms with Gasteiger partial charge in [0.1, 0.15) is 0 Å². The summed E-state index contributed by atoms with van der Waals surface area (Å²) >= 11 is 0. The molecule has 1 fully saturated rings. The summed E-state index contributed by atoms with van der Waals surface area (Å²) in [6.07, 6.45) is 7.69. The maximum atomic E-state index is 12.2.